The molecule has 1 heterocycles. The van der Waals surface area contributed by atoms with Gasteiger partial charge in [-0.15, -0.1) is 0 Å². The zero-order valence-electron chi connectivity index (χ0n) is 13.3. The van der Waals surface area contributed by atoms with Crippen molar-refractivity contribution in [1.29, 1.82) is 5.26 Å². The molecule has 2 N–H and O–H groups in total. The highest BCUT2D eigenvalue weighted by Gasteiger charge is 2.04. The summed E-state index contributed by atoms with van der Waals surface area (Å²) in [5.74, 6) is 1.38. The van der Waals surface area contributed by atoms with Crippen molar-refractivity contribution < 1.29 is 0 Å². The first-order valence-electron chi connectivity index (χ1n) is 7.72. The van der Waals surface area contributed by atoms with Gasteiger partial charge in [0.1, 0.15) is 18.0 Å². The maximum atomic E-state index is 8.97. The van der Waals surface area contributed by atoms with Crippen LogP contribution in [0.25, 0.3) is 0 Å². The van der Waals surface area contributed by atoms with Crippen LogP contribution in [0.3, 0.4) is 0 Å². The van der Waals surface area contributed by atoms with Gasteiger partial charge in [0.15, 0.2) is 0 Å². The molecule has 0 radical (unpaired) electrons. The molecule has 0 amide bonds. The van der Waals surface area contributed by atoms with Crippen LogP contribution in [0.4, 0.5) is 23.0 Å². The van der Waals surface area contributed by atoms with Crippen molar-refractivity contribution in [3.63, 3.8) is 0 Å². The molecule has 5 nitrogen and oxygen atoms in total. The Morgan fingerprint density at radius 2 is 1.75 bits per heavy atom. The van der Waals surface area contributed by atoms with Gasteiger partial charge in [0.2, 0.25) is 0 Å². The van der Waals surface area contributed by atoms with Crippen LogP contribution in [-0.2, 0) is 6.42 Å². The van der Waals surface area contributed by atoms with Crippen LogP contribution in [-0.4, -0.2) is 9.97 Å². The van der Waals surface area contributed by atoms with Crippen molar-refractivity contribution in [2.45, 2.75) is 13.3 Å². The number of aryl methyl sites for hydroxylation is 1. The minimum Gasteiger partial charge on any atom is -0.340 e. The van der Waals surface area contributed by atoms with Crippen molar-refractivity contribution in [3.8, 4) is 6.07 Å². The van der Waals surface area contributed by atoms with Gasteiger partial charge in [-0.1, -0.05) is 31.2 Å². The van der Waals surface area contributed by atoms with E-state index in [0.29, 0.717) is 17.2 Å². The molecule has 0 saturated heterocycles. The summed E-state index contributed by atoms with van der Waals surface area (Å²) < 4.78 is 0. The summed E-state index contributed by atoms with van der Waals surface area (Å²) in [6.45, 7) is 2.12. The van der Waals surface area contributed by atoms with E-state index in [1.54, 1.807) is 12.1 Å². The average Bonchev–Trinajstić information content (AvgIpc) is 2.62. The predicted molar refractivity (Wildman–Crippen MR) is 95.6 cm³/mol. The maximum Gasteiger partial charge on any atom is 0.135 e. The van der Waals surface area contributed by atoms with E-state index in [2.05, 4.69) is 39.7 Å². The third-order valence-electron chi connectivity index (χ3n) is 3.59. The fraction of sp³-hybridized carbons (Fsp3) is 0.105. The molecular formula is C19H17N5. The molecule has 0 spiro atoms. The third-order valence-corrected chi connectivity index (χ3v) is 3.59. The Morgan fingerprint density at radius 3 is 2.54 bits per heavy atom. The highest BCUT2D eigenvalue weighted by atomic mass is 15.1. The Balaban J connectivity index is 1.80. The molecule has 0 aliphatic rings. The van der Waals surface area contributed by atoms with Crippen molar-refractivity contribution >= 4 is 23.0 Å². The fourth-order valence-corrected chi connectivity index (χ4v) is 2.40. The Morgan fingerprint density at radius 1 is 0.958 bits per heavy atom. The second-order valence-corrected chi connectivity index (χ2v) is 5.24. The molecule has 24 heavy (non-hydrogen) atoms. The Labute approximate surface area is 141 Å². The Bertz CT molecular complexity index is 883. The largest absolute Gasteiger partial charge is 0.340 e. The van der Waals surface area contributed by atoms with E-state index in [1.807, 2.05) is 36.4 Å². The molecule has 0 aliphatic carbocycles. The first-order chi connectivity index (χ1) is 11.8. The number of nitrogens with one attached hydrogen (secondary N) is 2. The van der Waals surface area contributed by atoms with Gasteiger partial charge in [-0.05, 0) is 36.2 Å². The van der Waals surface area contributed by atoms with Crippen LogP contribution in [0.1, 0.15) is 18.1 Å². The lowest BCUT2D eigenvalue weighted by molar-refractivity contribution is 1.13. The summed E-state index contributed by atoms with van der Waals surface area (Å²) >= 11 is 0. The zero-order chi connectivity index (χ0) is 16.8. The van der Waals surface area contributed by atoms with E-state index < -0.39 is 0 Å². The quantitative estimate of drug-likeness (QED) is 0.730. The molecule has 0 fully saturated rings. The molecule has 0 aliphatic heterocycles. The topological polar surface area (TPSA) is 73.6 Å². The summed E-state index contributed by atoms with van der Waals surface area (Å²) in [6, 6.07) is 19.4. The number of nitriles is 1. The number of anilines is 4. The first kappa shape index (κ1) is 15.5. The zero-order valence-corrected chi connectivity index (χ0v) is 13.3. The number of aromatic nitrogens is 2. The van der Waals surface area contributed by atoms with Gasteiger partial charge in [-0.2, -0.15) is 5.26 Å². The van der Waals surface area contributed by atoms with Crippen molar-refractivity contribution in [2.75, 3.05) is 10.6 Å². The first-order valence-corrected chi connectivity index (χ1v) is 7.72. The van der Waals surface area contributed by atoms with E-state index in [1.165, 1.54) is 11.9 Å². The SMILES string of the molecule is CCc1ccccc1Nc1cc(Nc2cccc(C#N)c2)ncn1. The van der Waals surface area contributed by atoms with E-state index in [4.69, 9.17) is 5.26 Å². The summed E-state index contributed by atoms with van der Waals surface area (Å²) in [5, 5.41) is 15.5. The van der Waals surface area contributed by atoms with Crippen LogP contribution in [0.5, 0.6) is 0 Å². The molecule has 0 atom stereocenters. The van der Waals surface area contributed by atoms with Crippen molar-refractivity contribution in [3.05, 3.63) is 72.1 Å². The summed E-state index contributed by atoms with van der Waals surface area (Å²) in [6.07, 6.45) is 2.45. The molecule has 0 unspecified atom stereocenters. The molecule has 1 aromatic heterocycles. The highest BCUT2D eigenvalue weighted by molar-refractivity contribution is 5.65. The fourth-order valence-electron chi connectivity index (χ4n) is 2.40. The second kappa shape index (κ2) is 7.25. The summed E-state index contributed by atoms with van der Waals surface area (Å²) in [5.41, 5.74) is 3.68. The summed E-state index contributed by atoms with van der Waals surface area (Å²) in [7, 11) is 0. The van der Waals surface area contributed by atoms with Gasteiger partial charge in [0, 0.05) is 17.4 Å². The second-order valence-electron chi connectivity index (χ2n) is 5.24. The Kier molecular flexibility index (Phi) is 4.68. The average molecular weight is 315 g/mol. The van der Waals surface area contributed by atoms with Crippen molar-refractivity contribution in [2.24, 2.45) is 0 Å². The van der Waals surface area contributed by atoms with E-state index in [9.17, 15) is 0 Å². The maximum absolute atomic E-state index is 8.97. The lowest BCUT2D eigenvalue weighted by Crippen LogP contribution is -2.00. The smallest absolute Gasteiger partial charge is 0.135 e. The molecule has 118 valence electrons. The van der Waals surface area contributed by atoms with Crippen LogP contribution in [0.15, 0.2) is 60.9 Å². The van der Waals surface area contributed by atoms with Crippen LogP contribution in [0, 0.1) is 11.3 Å². The van der Waals surface area contributed by atoms with E-state index >= 15 is 0 Å². The van der Waals surface area contributed by atoms with Crippen LogP contribution < -0.4 is 10.6 Å². The molecule has 0 saturated carbocycles. The van der Waals surface area contributed by atoms with Gasteiger partial charge in [-0.25, -0.2) is 9.97 Å². The lowest BCUT2D eigenvalue weighted by atomic mass is 10.1. The number of rotatable bonds is 5. The minimum atomic E-state index is 0.601. The molecule has 2 aromatic carbocycles. The predicted octanol–water partition coefficient (Wildman–Crippen LogP) is 4.40. The van der Waals surface area contributed by atoms with E-state index in [-0.39, 0.29) is 0 Å². The number of nitrogens with zero attached hydrogens (tertiary/aromatic N) is 3. The molecule has 5 heteroatoms. The monoisotopic (exact) mass is 315 g/mol. The lowest BCUT2D eigenvalue weighted by Gasteiger charge is -2.11. The van der Waals surface area contributed by atoms with Gasteiger partial charge in [-0.3, -0.25) is 0 Å². The highest BCUT2D eigenvalue weighted by Crippen LogP contribution is 2.22. The minimum absolute atomic E-state index is 0.601. The van der Waals surface area contributed by atoms with Crippen LogP contribution >= 0.6 is 0 Å². The standard InChI is InChI=1S/C19H17N5/c1-2-15-7-3-4-9-17(15)24-19-11-18(21-13-22-19)23-16-8-5-6-14(10-16)12-20/h3-11,13H,2H2,1H3,(H2,21,22,23,24). The van der Waals surface area contributed by atoms with Crippen molar-refractivity contribution in [1.82, 2.24) is 9.97 Å². The summed E-state index contributed by atoms with van der Waals surface area (Å²) in [4.78, 5) is 8.50. The number of para-hydroxylation sites is 1. The van der Waals surface area contributed by atoms with Crippen LogP contribution in [0.2, 0.25) is 0 Å². The van der Waals surface area contributed by atoms with Gasteiger partial charge >= 0.3 is 0 Å². The normalized spacial score (nSPS) is 10.0. The van der Waals surface area contributed by atoms with Gasteiger partial charge < -0.3 is 10.6 Å². The van der Waals surface area contributed by atoms with E-state index in [0.717, 1.165) is 17.8 Å². The van der Waals surface area contributed by atoms with Gasteiger partial charge in [0.25, 0.3) is 0 Å². The number of hydrogen-bond donors (Lipinski definition) is 2. The molecule has 3 aromatic rings. The molecule has 3 rings (SSSR count). The third kappa shape index (κ3) is 3.68. The number of benzene rings is 2. The molecular weight excluding hydrogens is 298 g/mol. The Hall–Kier alpha value is -3.39. The molecule has 0 bridgehead atoms. The number of hydrogen-bond acceptors (Lipinski definition) is 5. The van der Waals surface area contributed by atoms with Gasteiger partial charge in [0.05, 0.1) is 11.6 Å².